The molecule has 23 heavy (non-hydrogen) atoms. The molecule has 0 spiro atoms. The zero-order valence-electron chi connectivity index (χ0n) is 14.9. The SMILES string of the molecule is O=P(CCCCCCO)(CCCCCCO)CCCCCCO. The summed E-state index contributed by atoms with van der Waals surface area (Å²) in [5.74, 6) is 0. The molecule has 0 fully saturated rings. The molecule has 0 aromatic carbocycles. The van der Waals surface area contributed by atoms with Gasteiger partial charge in [0.25, 0.3) is 0 Å². The second-order valence-electron chi connectivity index (χ2n) is 6.64. The maximum atomic E-state index is 13.2. The van der Waals surface area contributed by atoms with Gasteiger partial charge in [-0.05, 0) is 38.5 Å². The summed E-state index contributed by atoms with van der Waals surface area (Å²) in [4.78, 5) is 0. The fourth-order valence-electron chi connectivity index (χ4n) is 2.93. The van der Waals surface area contributed by atoms with Crippen LogP contribution < -0.4 is 0 Å². The van der Waals surface area contributed by atoms with E-state index in [9.17, 15) is 4.57 Å². The molecule has 0 heterocycles. The van der Waals surface area contributed by atoms with Gasteiger partial charge in [0.05, 0.1) is 7.14 Å². The average molecular weight is 350 g/mol. The van der Waals surface area contributed by atoms with E-state index >= 15 is 0 Å². The van der Waals surface area contributed by atoms with E-state index in [1.54, 1.807) is 0 Å². The Morgan fingerprint density at radius 1 is 0.435 bits per heavy atom. The molecule has 0 bridgehead atoms. The number of hydrogen-bond acceptors (Lipinski definition) is 4. The highest BCUT2D eigenvalue weighted by atomic mass is 31.2. The van der Waals surface area contributed by atoms with E-state index in [4.69, 9.17) is 15.3 Å². The Hall–Kier alpha value is 0.110. The molecule has 0 amide bonds. The van der Waals surface area contributed by atoms with Crippen molar-refractivity contribution in [1.29, 1.82) is 0 Å². The van der Waals surface area contributed by atoms with Gasteiger partial charge in [-0.3, -0.25) is 0 Å². The predicted molar refractivity (Wildman–Crippen MR) is 98.9 cm³/mol. The van der Waals surface area contributed by atoms with Crippen molar-refractivity contribution in [3.63, 3.8) is 0 Å². The van der Waals surface area contributed by atoms with Crippen LogP contribution >= 0.6 is 7.14 Å². The van der Waals surface area contributed by atoms with Gasteiger partial charge in [-0.1, -0.05) is 38.5 Å². The van der Waals surface area contributed by atoms with Crippen LogP contribution in [0, 0.1) is 0 Å². The van der Waals surface area contributed by atoms with Gasteiger partial charge in [0, 0.05) is 38.3 Å². The Bertz CT molecular complexity index is 241. The predicted octanol–water partition coefficient (Wildman–Crippen LogP) is 4.01. The van der Waals surface area contributed by atoms with Gasteiger partial charge in [-0.15, -0.1) is 0 Å². The molecule has 0 saturated carbocycles. The van der Waals surface area contributed by atoms with Crippen LogP contribution in [-0.2, 0) is 4.57 Å². The third kappa shape index (κ3) is 15.4. The van der Waals surface area contributed by atoms with Crippen molar-refractivity contribution in [2.45, 2.75) is 77.0 Å². The van der Waals surface area contributed by atoms with E-state index < -0.39 is 7.14 Å². The van der Waals surface area contributed by atoms with Gasteiger partial charge in [0.15, 0.2) is 0 Å². The highest BCUT2D eigenvalue weighted by Crippen LogP contribution is 2.48. The molecular weight excluding hydrogens is 311 g/mol. The molecule has 0 aliphatic carbocycles. The van der Waals surface area contributed by atoms with Gasteiger partial charge in [-0.2, -0.15) is 0 Å². The first-order chi connectivity index (χ1) is 11.2. The standard InChI is InChI=1S/C18H39O4P/c19-13-7-1-4-10-16-23(22,17-11-5-2-8-14-20)18-12-6-3-9-15-21/h19-21H,1-18H2. The van der Waals surface area contributed by atoms with Crippen LogP contribution in [0.4, 0.5) is 0 Å². The molecule has 0 aliphatic rings. The number of unbranched alkanes of at least 4 members (excludes halogenated alkanes) is 9. The third-order valence-electron chi connectivity index (χ3n) is 4.42. The molecule has 140 valence electrons. The summed E-state index contributed by atoms with van der Waals surface area (Å²) in [6.07, 6.45) is 14.5. The summed E-state index contributed by atoms with van der Waals surface area (Å²) in [6, 6.07) is 0. The van der Waals surface area contributed by atoms with E-state index in [0.717, 1.165) is 95.5 Å². The highest BCUT2D eigenvalue weighted by Gasteiger charge is 2.20. The number of rotatable bonds is 18. The first-order valence-electron chi connectivity index (χ1n) is 9.58. The van der Waals surface area contributed by atoms with E-state index in [-0.39, 0.29) is 19.8 Å². The minimum atomic E-state index is -2.05. The number of aliphatic hydroxyl groups is 3. The minimum absolute atomic E-state index is 0.257. The molecule has 0 rings (SSSR count). The Morgan fingerprint density at radius 3 is 0.957 bits per heavy atom. The third-order valence-corrected chi connectivity index (χ3v) is 7.82. The zero-order valence-corrected chi connectivity index (χ0v) is 15.8. The molecule has 0 unspecified atom stereocenters. The van der Waals surface area contributed by atoms with Crippen molar-refractivity contribution >= 4 is 7.14 Å². The van der Waals surface area contributed by atoms with Gasteiger partial charge in [-0.25, -0.2) is 0 Å². The quantitative estimate of drug-likeness (QED) is 0.258. The van der Waals surface area contributed by atoms with Crippen LogP contribution in [0.5, 0.6) is 0 Å². The smallest absolute Gasteiger partial charge is 0.0877 e. The summed E-state index contributed by atoms with van der Waals surface area (Å²) < 4.78 is 13.2. The van der Waals surface area contributed by atoms with E-state index in [2.05, 4.69) is 0 Å². The zero-order chi connectivity index (χ0) is 17.2. The lowest BCUT2D eigenvalue weighted by Gasteiger charge is -2.18. The Morgan fingerprint density at radius 2 is 0.696 bits per heavy atom. The molecule has 0 aromatic heterocycles. The average Bonchev–Trinajstić information content (AvgIpc) is 2.54. The maximum absolute atomic E-state index is 13.2. The monoisotopic (exact) mass is 350 g/mol. The summed E-state index contributed by atoms with van der Waals surface area (Å²) in [6.45, 7) is 0.772. The first kappa shape index (κ1) is 23.1. The molecule has 0 radical (unpaired) electrons. The van der Waals surface area contributed by atoms with Crippen LogP contribution in [0.1, 0.15) is 77.0 Å². The van der Waals surface area contributed by atoms with Gasteiger partial charge >= 0.3 is 0 Å². The van der Waals surface area contributed by atoms with E-state index in [1.165, 1.54) is 0 Å². The molecule has 0 saturated heterocycles. The largest absolute Gasteiger partial charge is 0.396 e. The van der Waals surface area contributed by atoms with E-state index in [0.29, 0.717) is 0 Å². The van der Waals surface area contributed by atoms with Crippen molar-refractivity contribution in [2.75, 3.05) is 38.3 Å². The lowest BCUT2D eigenvalue weighted by Crippen LogP contribution is -2.02. The minimum Gasteiger partial charge on any atom is -0.396 e. The Labute approximate surface area is 143 Å². The summed E-state index contributed by atoms with van der Waals surface area (Å²) in [5.41, 5.74) is 0. The molecule has 5 heteroatoms. The lowest BCUT2D eigenvalue weighted by atomic mass is 10.2. The Balaban J connectivity index is 4.03. The van der Waals surface area contributed by atoms with Crippen molar-refractivity contribution < 1.29 is 19.9 Å². The fourth-order valence-corrected chi connectivity index (χ4v) is 6.00. The van der Waals surface area contributed by atoms with Crippen LogP contribution in [-0.4, -0.2) is 53.6 Å². The Kier molecular flexibility index (Phi) is 17.0. The van der Waals surface area contributed by atoms with E-state index in [1.807, 2.05) is 0 Å². The molecule has 0 aliphatic heterocycles. The van der Waals surface area contributed by atoms with Crippen molar-refractivity contribution in [1.82, 2.24) is 0 Å². The van der Waals surface area contributed by atoms with Crippen molar-refractivity contribution in [3.8, 4) is 0 Å². The maximum Gasteiger partial charge on any atom is 0.0877 e. The summed E-state index contributed by atoms with van der Waals surface area (Å²) in [5, 5.41) is 26.4. The van der Waals surface area contributed by atoms with Crippen LogP contribution in [0.25, 0.3) is 0 Å². The molecule has 0 aromatic rings. The number of aliphatic hydroxyl groups excluding tert-OH is 3. The lowest BCUT2D eigenvalue weighted by molar-refractivity contribution is 0.283. The van der Waals surface area contributed by atoms with Crippen LogP contribution in [0.15, 0.2) is 0 Å². The van der Waals surface area contributed by atoms with Crippen molar-refractivity contribution in [2.24, 2.45) is 0 Å². The van der Waals surface area contributed by atoms with Gasteiger partial charge in [0.1, 0.15) is 0 Å². The second kappa shape index (κ2) is 17.0. The fraction of sp³-hybridized carbons (Fsp3) is 1.00. The first-order valence-corrected chi connectivity index (χ1v) is 11.8. The second-order valence-corrected chi connectivity index (χ2v) is 10.1. The van der Waals surface area contributed by atoms with Crippen LogP contribution in [0.2, 0.25) is 0 Å². The summed E-state index contributed by atoms with van der Waals surface area (Å²) in [7, 11) is -2.05. The van der Waals surface area contributed by atoms with Gasteiger partial charge in [0.2, 0.25) is 0 Å². The molecular formula is C18H39O4P. The molecule has 4 nitrogen and oxygen atoms in total. The highest BCUT2D eigenvalue weighted by molar-refractivity contribution is 7.63. The van der Waals surface area contributed by atoms with Crippen molar-refractivity contribution in [3.05, 3.63) is 0 Å². The summed E-state index contributed by atoms with van der Waals surface area (Å²) >= 11 is 0. The topological polar surface area (TPSA) is 77.8 Å². The number of hydrogen-bond donors (Lipinski definition) is 3. The molecule has 3 N–H and O–H groups in total. The molecule has 0 atom stereocenters. The normalized spacial score (nSPS) is 12.0. The van der Waals surface area contributed by atoms with Crippen LogP contribution in [0.3, 0.4) is 0 Å². The van der Waals surface area contributed by atoms with Gasteiger partial charge < -0.3 is 19.9 Å².